The average Bonchev–Trinajstić information content (AvgIpc) is 2.86. The zero-order valence-electron chi connectivity index (χ0n) is 20.6. The van der Waals surface area contributed by atoms with Crippen LogP contribution in [0.4, 0.5) is 0 Å². The Balaban J connectivity index is 1.84. The fraction of sp³-hybridized carbons (Fsp3) is 0.310. The fourth-order valence-electron chi connectivity index (χ4n) is 3.86. The number of nitrogens with zero attached hydrogens (tertiary/aromatic N) is 1. The van der Waals surface area contributed by atoms with E-state index in [1.807, 2.05) is 74.5 Å². The van der Waals surface area contributed by atoms with Gasteiger partial charge in [0.05, 0.1) is 6.61 Å². The lowest BCUT2D eigenvalue weighted by molar-refractivity contribution is -0.141. The molecule has 36 heavy (non-hydrogen) atoms. The van der Waals surface area contributed by atoms with Crippen LogP contribution in [-0.2, 0) is 22.6 Å². The van der Waals surface area contributed by atoms with E-state index in [0.717, 1.165) is 11.3 Å². The maximum absolute atomic E-state index is 13.6. The first-order valence-corrected chi connectivity index (χ1v) is 12.8. The monoisotopic (exact) mass is 526 g/mol. The third-order valence-electron chi connectivity index (χ3n) is 5.64. The predicted molar refractivity (Wildman–Crippen MR) is 145 cm³/mol. The summed E-state index contributed by atoms with van der Waals surface area (Å²) in [5.74, 6) is 0.372. The van der Waals surface area contributed by atoms with Gasteiger partial charge in [0.1, 0.15) is 11.8 Å². The Morgan fingerprint density at radius 3 is 2.11 bits per heavy atom. The van der Waals surface area contributed by atoms with Gasteiger partial charge in [0.2, 0.25) is 11.8 Å². The highest BCUT2D eigenvalue weighted by molar-refractivity contribution is 6.36. The lowest BCUT2D eigenvalue weighted by Gasteiger charge is -2.32. The largest absolute Gasteiger partial charge is 0.494 e. The lowest BCUT2D eigenvalue weighted by Crippen LogP contribution is -2.51. The number of para-hydroxylation sites is 1. The zero-order valence-corrected chi connectivity index (χ0v) is 22.1. The van der Waals surface area contributed by atoms with Crippen molar-refractivity contribution in [1.29, 1.82) is 0 Å². The second kappa shape index (κ2) is 13.9. The molecule has 3 aromatic carbocycles. The molecule has 0 spiro atoms. The van der Waals surface area contributed by atoms with E-state index in [9.17, 15) is 9.59 Å². The van der Waals surface area contributed by atoms with Crippen molar-refractivity contribution < 1.29 is 14.3 Å². The molecule has 0 bridgehead atoms. The average molecular weight is 527 g/mol. The van der Waals surface area contributed by atoms with Crippen molar-refractivity contribution in [3.8, 4) is 5.75 Å². The molecule has 5 nitrogen and oxygen atoms in total. The van der Waals surface area contributed by atoms with E-state index in [-0.39, 0.29) is 30.8 Å². The number of carbonyl (C=O) groups is 2. The molecule has 1 N–H and O–H groups in total. The molecule has 0 aromatic heterocycles. The van der Waals surface area contributed by atoms with Crippen molar-refractivity contribution in [2.24, 2.45) is 0 Å². The van der Waals surface area contributed by atoms with E-state index >= 15 is 0 Å². The van der Waals surface area contributed by atoms with Crippen molar-refractivity contribution in [3.63, 3.8) is 0 Å². The van der Waals surface area contributed by atoms with Crippen LogP contribution in [0.15, 0.2) is 78.9 Å². The molecule has 0 aliphatic heterocycles. The van der Waals surface area contributed by atoms with Crippen LogP contribution in [0.5, 0.6) is 5.75 Å². The van der Waals surface area contributed by atoms with Crippen LogP contribution in [0.3, 0.4) is 0 Å². The van der Waals surface area contributed by atoms with Gasteiger partial charge in [-0.25, -0.2) is 0 Å². The quantitative estimate of drug-likeness (QED) is 0.281. The highest BCUT2D eigenvalue weighted by Gasteiger charge is 2.31. The molecule has 0 radical (unpaired) electrons. The summed E-state index contributed by atoms with van der Waals surface area (Å²) in [6.07, 6.45) is 1.09. The number of nitrogens with one attached hydrogen (secondary N) is 1. The first-order valence-electron chi connectivity index (χ1n) is 12.1. The number of rotatable bonds is 12. The SMILES string of the molecule is CC(C)NC(=O)C(Cc1ccccc1)N(Cc1c(Cl)cccc1Cl)C(=O)CCCOc1ccccc1. The standard InChI is InChI=1S/C29H32Cl2N2O3/c1-21(2)32-29(35)27(19-22-11-5-3-6-12-22)33(20-24-25(30)15-9-16-26(24)31)28(34)17-10-18-36-23-13-7-4-8-14-23/h3-9,11-16,21,27H,10,17-20H2,1-2H3,(H,32,35). The fourth-order valence-corrected chi connectivity index (χ4v) is 4.38. The summed E-state index contributed by atoms with van der Waals surface area (Å²) in [4.78, 5) is 28.6. The molecule has 2 amide bonds. The van der Waals surface area contributed by atoms with Crippen LogP contribution < -0.4 is 10.1 Å². The van der Waals surface area contributed by atoms with E-state index in [2.05, 4.69) is 5.32 Å². The minimum atomic E-state index is -0.732. The second-order valence-corrected chi connectivity index (χ2v) is 9.67. The van der Waals surface area contributed by atoms with Gasteiger partial charge >= 0.3 is 0 Å². The number of halogens is 2. The van der Waals surface area contributed by atoms with E-state index in [1.54, 1.807) is 23.1 Å². The van der Waals surface area contributed by atoms with E-state index in [4.69, 9.17) is 27.9 Å². The third kappa shape index (κ3) is 8.28. The molecular weight excluding hydrogens is 495 g/mol. The summed E-state index contributed by atoms with van der Waals surface area (Å²) in [7, 11) is 0. The van der Waals surface area contributed by atoms with Crippen LogP contribution in [-0.4, -0.2) is 35.4 Å². The highest BCUT2D eigenvalue weighted by Crippen LogP contribution is 2.27. The van der Waals surface area contributed by atoms with Gasteiger partial charge < -0.3 is 15.0 Å². The molecule has 0 saturated carbocycles. The normalized spacial score (nSPS) is 11.7. The number of carbonyl (C=O) groups excluding carboxylic acids is 2. The molecule has 3 rings (SSSR count). The molecule has 0 aliphatic rings. The molecule has 1 atom stereocenters. The van der Waals surface area contributed by atoms with Gasteiger partial charge in [-0.1, -0.05) is 77.8 Å². The van der Waals surface area contributed by atoms with Gasteiger partial charge in [0.15, 0.2) is 0 Å². The smallest absolute Gasteiger partial charge is 0.243 e. The van der Waals surface area contributed by atoms with Crippen LogP contribution in [0.2, 0.25) is 10.0 Å². The summed E-state index contributed by atoms with van der Waals surface area (Å²) in [6, 6.07) is 23.6. The molecule has 0 fully saturated rings. The molecule has 0 aliphatic carbocycles. The maximum atomic E-state index is 13.6. The first kappa shape index (κ1) is 27.6. The Morgan fingerprint density at radius 2 is 1.50 bits per heavy atom. The molecule has 0 saturated heterocycles. The summed E-state index contributed by atoms with van der Waals surface area (Å²) in [5, 5.41) is 3.89. The summed E-state index contributed by atoms with van der Waals surface area (Å²) >= 11 is 12.9. The Hall–Kier alpha value is -3.02. The van der Waals surface area contributed by atoms with Gasteiger partial charge in [0.25, 0.3) is 0 Å². The number of hydrogen-bond acceptors (Lipinski definition) is 3. The van der Waals surface area contributed by atoms with Crippen molar-refractivity contribution in [3.05, 3.63) is 100 Å². The molecule has 1 unspecified atom stereocenters. The third-order valence-corrected chi connectivity index (χ3v) is 6.35. The van der Waals surface area contributed by atoms with Crippen molar-refractivity contribution in [1.82, 2.24) is 10.2 Å². The minimum absolute atomic E-state index is 0.0732. The Bertz CT molecular complexity index is 1100. The molecular formula is C29H32Cl2N2O3. The van der Waals surface area contributed by atoms with Crippen LogP contribution >= 0.6 is 23.2 Å². The predicted octanol–water partition coefficient (Wildman–Crippen LogP) is 6.32. The summed E-state index contributed by atoms with van der Waals surface area (Å²) in [6.45, 7) is 4.31. The van der Waals surface area contributed by atoms with E-state index in [1.165, 1.54) is 0 Å². The van der Waals surface area contributed by atoms with Crippen LogP contribution in [0.25, 0.3) is 0 Å². The number of hydrogen-bond donors (Lipinski definition) is 1. The first-order chi connectivity index (χ1) is 17.3. The zero-order chi connectivity index (χ0) is 25.9. The summed E-state index contributed by atoms with van der Waals surface area (Å²) in [5.41, 5.74) is 1.57. The number of ether oxygens (including phenoxy) is 1. The number of amides is 2. The second-order valence-electron chi connectivity index (χ2n) is 8.86. The Kier molecular flexibility index (Phi) is 10.6. The molecule has 190 valence electrons. The van der Waals surface area contributed by atoms with Gasteiger partial charge in [-0.3, -0.25) is 9.59 Å². The number of benzene rings is 3. The van der Waals surface area contributed by atoms with Crippen LogP contribution in [0, 0.1) is 0 Å². The van der Waals surface area contributed by atoms with Crippen LogP contribution in [0.1, 0.15) is 37.8 Å². The van der Waals surface area contributed by atoms with Gasteiger partial charge in [0, 0.05) is 41.0 Å². The van der Waals surface area contributed by atoms with Crippen molar-refractivity contribution in [2.75, 3.05) is 6.61 Å². The minimum Gasteiger partial charge on any atom is -0.494 e. The lowest BCUT2D eigenvalue weighted by atomic mass is 10.0. The van der Waals surface area contributed by atoms with E-state index < -0.39 is 6.04 Å². The molecule has 0 heterocycles. The highest BCUT2D eigenvalue weighted by atomic mass is 35.5. The molecule has 7 heteroatoms. The topological polar surface area (TPSA) is 58.6 Å². The van der Waals surface area contributed by atoms with E-state index in [0.29, 0.717) is 35.1 Å². The van der Waals surface area contributed by atoms with Crippen molar-refractivity contribution in [2.45, 2.75) is 51.7 Å². The summed E-state index contributed by atoms with van der Waals surface area (Å²) < 4.78 is 5.76. The van der Waals surface area contributed by atoms with Gasteiger partial charge in [-0.15, -0.1) is 0 Å². The Labute approximate surface area is 223 Å². The molecule has 3 aromatic rings. The van der Waals surface area contributed by atoms with Gasteiger partial charge in [-0.2, -0.15) is 0 Å². The Morgan fingerprint density at radius 1 is 0.889 bits per heavy atom. The van der Waals surface area contributed by atoms with Crippen molar-refractivity contribution >= 4 is 35.0 Å². The maximum Gasteiger partial charge on any atom is 0.243 e. The van der Waals surface area contributed by atoms with Gasteiger partial charge in [-0.05, 0) is 50.1 Å².